The Morgan fingerprint density at radius 3 is 3.10 bits per heavy atom. The number of amides is 1. The van der Waals surface area contributed by atoms with E-state index in [1.807, 2.05) is 19.9 Å². The molecule has 2 aliphatic heterocycles. The van der Waals surface area contributed by atoms with E-state index in [-0.39, 0.29) is 17.9 Å². The monoisotopic (exact) mass is 274 g/mol. The van der Waals surface area contributed by atoms with Gasteiger partial charge in [-0.3, -0.25) is 10.2 Å². The summed E-state index contributed by atoms with van der Waals surface area (Å²) in [5, 5.41) is 10.8. The van der Waals surface area contributed by atoms with Gasteiger partial charge in [0, 0.05) is 18.4 Å². The summed E-state index contributed by atoms with van der Waals surface area (Å²) in [5.74, 6) is 1.06. The molecule has 1 unspecified atom stereocenters. The molecule has 20 heavy (non-hydrogen) atoms. The van der Waals surface area contributed by atoms with Crippen LogP contribution in [0.2, 0.25) is 0 Å². The SMILES string of the molecule is CCOC(=N)C1Cc2cc(C)c3c(c2O1)CCC(=O)N3. The maximum atomic E-state index is 11.5. The lowest BCUT2D eigenvalue weighted by Crippen LogP contribution is -2.27. The second-order valence-corrected chi connectivity index (χ2v) is 5.19. The van der Waals surface area contributed by atoms with Gasteiger partial charge in [0.15, 0.2) is 6.10 Å². The largest absolute Gasteiger partial charge is 0.480 e. The molecule has 2 heterocycles. The molecular weight excluding hydrogens is 256 g/mol. The Bertz CT molecular complexity index is 595. The first kappa shape index (κ1) is 13.0. The summed E-state index contributed by atoms with van der Waals surface area (Å²) in [5.41, 5.74) is 4.10. The molecule has 0 saturated heterocycles. The maximum Gasteiger partial charge on any atom is 0.224 e. The molecule has 0 saturated carbocycles. The Morgan fingerprint density at radius 1 is 1.55 bits per heavy atom. The summed E-state index contributed by atoms with van der Waals surface area (Å²) < 4.78 is 11.1. The zero-order valence-electron chi connectivity index (χ0n) is 11.7. The van der Waals surface area contributed by atoms with E-state index in [2.05, 4.69) is 5.32 Å². The first-order chi connectivity index (χ1) is 9.60. The minimum absolute atomic E-state index is 0.0529. The number of carbonyl (C=O) groups is 1. The summed E-state index contributed by atoms with van der Waals surface area (Å²) in [6.45, 7) is 4.33. The number of hydrogen-bond acceptors (Lipinski definition) is 4. The molecule has 2 N–H and O–H groups in total. The number of hydrogen-bond donors (Lipinski definition) is 2. The van der Waals surface area contributed by atoms with Crippen LogP contribution in [0.25, 0.3) is 0 Å². The van der Waals surface area contributed by atoms with Crippen molar-refractivity contribution in [2.45, 2.75) is 39.2 Å². The zero-order chi connectivity index (χ0) is 14.3. The normalized spacial score (nSPS) is 19.7. The highest BCUT2D eigenvalue weighted by Crippen LogP contribution is 2.41. The fourth-order valence-electron chi connectivity index (χ4n) is 2.87. The lowest BCUT2D eigenvalue weighted by molar-refractivity contribution is -0.116. The van der Waals surface area contributed by atoms with Gasteiger partial charge in [0.2, 0.25) is 11.8 Å². The lowest BCUT2D eigenvalue weighted by Gasteiger charge is -2.22. The predicted octanol–water partition coefficient (Wildman–Crippen LogP) is 2.20. The van der Waals surface area contributed by atoms with Crippen molar-refractivity contribution in [2.24, 2.45) is 0 Å². The average Bonchev–Trinajstić information content (AvgIpc) is 2.83. The minimum atomic E-state index is -0.339. The Hall–Kier alpha value is -2.04. The van der Waals surface area contributed by atoms with Gasteiger partial charge >= 0.3 is 0 Å². The van der Waals surface area contributed by atoms with Crippen molar-refractivity contribution in [2.75, 3.05) is 11.9 Å². The first-order valence-corrected chi connectivity index (χ1v) is 6.93. The van der Waals surface area contributed by atoms with Gasteiger partial charge in [-0.15, -0.1) is 0 Å². The Morgan fingerprint density at radius 2 is 2.35 bits per heavy atom. The summed E-state index contributed by atoms with van der Waals surface area (Å²) in [6, 6.07) is 2.04. The average molecular weight is 274 g/mol. The summed E-state index contributed by atoms with van der Waals surface area (Å²) in [7, 11) is 0. The third-order valence-corrected chi connectivity index (χ3v) is 3.78. The van der Waals surface area contributed by atoms with Crippen LogP contribution in [0.15, 0.2) is 6.07 Å². The van der Waals surface area contributed by atoms with Crippen molar-refractivity contribution in [1.82, 2.24) is 0 Å². The van der Waals surface area contributed by atoms with Crippen molar-refractivity contribution in [1.29, 1.82) is 5.41 Å². The molecule has 2 aliphatic rings. The molecule has 3 rings (SSSR count). The van der Waals surface area contributed by atoms with Crippen LogP contribution in [0.3, 0.4) is 0 Å². The van der Waals surface area contributed by atoms with Crippen molar-refractivity contribution < 1.29 is 14.3 Å². The van der Waals surface area contributed by atoms with E-state index < -0.39 is 0 Å². The first-order valence-electron chi connectivity index (χ1n) is 6.93. The molecule has 106 valence electrons. The molecule has 0 spiro atoms. The lowest BCUT2D eigenvalue weighted by atomic mass is 9.94. The Kier molecular flexibility index (Phi) is 3.12. The van der Waals surface area contributed by atoms with Crippen LogP contribution in [-0.2, 0) is 22.4 Å². The fourth-order valence-corrected chi connectivity index (χ4v) is 2.87. The number of aryl methyl sites for hydroxylation is 1. The Balaban J connectivity index is 1.94. The number of ether oxygens (including phenoxy) is 2. The van der Waals surface area contributed by atoms with E-state index in [0.717, 1.165) is 28.1 Å². The summed E-state index contributed by atoms with van der Waals surface area (Å²) >= 11 is 0. The molecule has 5 nitrogen and oxygen atoms in total. The third kappa shape index (κ3) is 2.03. The van der Waals surface area contributed by atoms with Crippen LogP contribution < -0.4 is 10.1 Å². The van der Waals surface area contributed by atoms with E-state index in [9.17, 15) is 4.79 Å². The molecule has 0 aromatic heterocycles. The van der Waals surface area contributed by atoms with Crippen LogP contribution in [-0.4, -0.2) is 24.5 Å². The van der Waals surface area contributed by atoms with Gasteiger partial charge in [0.25, 0.3) is 0 Å². The van der Waals surface area contributed by atoms with Gasteiger partial charge in [0.05, 0.1) is 12.3 Å². The van der Waals surface area contributed by atoms with Gasteiger partial charge < -0.3 is 14.8 Å². The van der Waals surface area contributed by atoms with Crippen LogP contribution in [0.1, 0.15) is 30.0 Å². The second kappa shape index (κ2) is 4.81. The smallest absolute Gasteiger partial charge is 0.224 e. The number of rotatable bonds is 2. The highest BCUT2D eigenvalue weighted by molar-refractivity contribution is 5.96. The van der Waals surface area contributed by atoms with E-state index in [4.69, 9.17) is 14.9 Å². The molecular formula is C15H18N2O3. The number of fused-ring (bicyclic) bond motifs is 3. The van der Waals surface area contributed by atoms with Crippen LogP contribution in [0.5, 0.6) is 5.75 Å². The van der Waals surface area contributed by atoms with Gasteiger partial charge in [-0.1, -0.05) is 6.07 Å². The third-order valence-electron chi connectivity index (χ3n) is 3.78. The predicted molar refractivity (Wildman–Crippen MR) is 75.6 cm³/mol. The van der Waals surface area contributed by atoms with E-state index >= 15 is 0 Å². The van der Waals surface area contributed by atoms with Gasteiger partial charge in [-0.05, 0) is 31.4 Å². The van der Waals surface area contributed by atoms with Crippen LogP contribution in [0, 0.1) is 12.3 Å². The topological polar surface area (TPSA) is 71.4 Å². The molecule has 1 atom stereocenters. The van der Waals surface area contributed by atoms with Crippen molar-refractivity contribution in [3.8, 4) is 5.75 Å². The zero-order valence-corrected chi connectivity index (χ0v) is 11.7. The number of anilines is 1. The van der Waals surface area contributed by atoms with Crippen molar-refractivity contribution in [3.05, 3.63) is 22.8 Å². The molecule has 0 fully saturated rings. The fraction of sp³-hybridized carbons (Fsp3) is 0.467. The van der Waals surface area contributed by atoms with Gasteiger partial charge in [0.1, 0.15) is 5.75 Å². The van der Waals surface area contributed by atoms with E-state index in [1.54, 1.807) is 0 Å². The van der Waals surface area contributed by atoms with Crippen LogP contribution in [0.4, 0.5) is 5.69 Å². The molecule has 0 radical (unpaired) electrons. The van der Waals surface area contributed by atoms with Gasteiger partial charge in [-0.2, -0.15) is 0 Å². The number of nitrogens with one attached hydrogen (secondary N) is 2. The Labute approximate surface area is 117 Å². The molecule has 1 aromatic rings. The van der Waals surface area contributed by atoms with E-state index in [0.29, 0.717) is 25.9 Å². The molecule has 1 amide bonds. The number of carbonyl (C=O) groups excluding carboxylic acids is 1. The van der Waals surface area contributed by atoms with E-state index in [1.165, 1.54) is 0 Å². The van der Waals surface area contributed by atoms with Gasteiger partial charge in [-0.25, -0.2) is 0 Å². The summed E-state index contributed by atoms with van der Waals surface area (Å²) in [6.07, 6.45) is 1.50. The summed E-state index contributed by atoms with van der Waals surface area (Å²) in [4.78, 5) is 11.5. The van der Waals surface area contributed by atoms with Crippen molar-refractivity contribution >= 4 is 17.5 Å². The van der Waals surface area contributed by atoms with Crippen LogP contribution >= 0.6 is 0 Å². The minimum Gasteiger partial charge on any atom is -0.480 e. The molecule has 5 heteroatoms. The number of benzene rings is 1. The van der Waals surface area contributed by atoms with Crippen molar-refractivity contribution in [3.63, 3.8) is 0 Å². The molecule has 1 aromatic carbocycles. The highest BCUT2D eigenvalue weighted by Gasteiger charge is 2.33. The molecule has 0 bridgehead atoms. The standard InChI is InChI=1S/C15H18N2O3/c1-3-19-15(16)11-7-9-6-8(2)13-10(14(9)20-11)4-5-12(18)17-13/h6,11,16H,3-5,7H2,1-2H3,(H,17,18). The molecule has 0 aliphatic carbocycles. The maximum absolute atomic E-state index is 11.5. The highest BCUT2D eigenvalue weighted by atomic mass is 16.5. The second-order valence-electron chi connectivity index (χ2n) is 5.19. The quantitative estimate of drug-likeness (QED) is 0.641.